The second-order valence-corrected chi connectivity index (χ2v) is 4.88. The van der Waals surface area contributed by atoms with Crippen LogP contribution in [0.2, 0.25) is 0 Å². The van der Waals surface area contributed by atoms with Gasteiger partial charge in [0.05, 0.1) is 11.8 Å². The molecule has 18 heavy (non-hydrogen) atoms. The van der Waals surface area contributed by atoms with Crippen LogP contribution < -0.4 is 10.6 Å². The molecule has 0 spiro atoms. The molecule has 98 valence electrons. The van der Waals surface area contributed by atoms with Crippen LogP contribution in [0.25, 0.3) is 0 Å². The van der Waals surface area contributed by atoms with Gasteiger partial charge in [0.1, 0.15) is 0 Å². The van der Waals surface area contributed by atoms with Crippen molar-refractivity contribution in [1.29, 1.82) is 5.26 Å². The fourth-order valence-corrected chi connectivity index (χ4v) is 1.65. The van der Waals surface area contributed by atoms with Crippen molar-refractivity contribution in [3.63, 3.8) is 0 Å². The molecule has 0 aromatic carbocycles. The summed E-state index contributed by atoms with van der Waals surface area (Å²) in [4.78, 5) is 12.8. The molecule has 0 bridgehead atoms. The first-order valence-corrected chi connectivity index (χ1v) is 6.90. The molecular weight excluding hydrogens is 248 g/mol. The molecule has 0 atom stereocenters. The van der Waals surface area contributed by atoms with Gasteiger partial charge in [-0.1, -0.05) is 18.7 Å². The Morgan fingerprint density at radius 2 is 2.00 bits per heavy atom. The second-order valence-electron chi connectivity index (χ2n) is 3.94. The summed E-state index contributed by atoms with van der Waals surface area (Å²) in [5.74, 6) is 1.42. The van der Waals surface area contributed by atoms with E-state index in [1.165, 1.54) is 11.8 Å². The smallest absolute Gasteiger partial charge is 0.228 e. The lowest BCUT2D eigenvalue weighted by Crippen LogP contribution is -2.15. The molecule has 1 aromatic heterocycles. The van der Waals surface area contributed by atoms with Crippen molar-refractivity contribution in [2.75, 3.05) is 22.9 Å². The number of aromatic nitrogens is 3. The summed E-state index contributed by atoms with van der Waals surface area (Å²) in [5, 5.41) is 15.4. The van der Waals surface area contributed by atoms with E-state index in [1.807, 2.05) is 13.8 Å². The van der Waals surface area contributed by atoms with E-state index in [1.54, 1.807) is 0 Å². The number of hydrogen-bond donors (Lipinski definition) is 2. The molecule has 1 aromatic rings. The van der Waals surface area contributed by atoms with Gasteiger partial charge in [0.15, 0.2) is 5.16 Å². The molecule has 0 fully saturated rings. The molecule has 7 heteroatoms. The Hall–Kier alpha value is -1.55. The zero-order chi connectivity index (χ0) is 13.4. The Morgan fingerprint density at radius 3 is 2.61 bits per heavy atom. The molecule has 0 radical (unpaired) electrons. The highest BCUT2D eigenvalue weighted by atomic mass is 32.2. The van der Waals surface area contributed by atoms with Crippen molar-refractivity contribution in [3.05, 3.63) is 0 Å². The minimum Gasteiger partial charge on any atom is -0.354 e. The number of nitriles is 1. The summed E-state index contributed by atoms with van der Waals surface area (Å²) >= 11 is 1.31. The summed E-state index contributed by atoms with van der Waals surface area (Å²) < 4.78 is 0. The molecule has 0 amide bonds. The standard InChI is InChI=1S/C11H18N6S/c1-4-6-13-9-15-10(14-8(2)3)17-11(16-9)18-7-5-12/h8H,4,6-7H2,1-3H3,(H2,13,14,15,16,17). The van der Waals surface area contributed by atoms with Gasteiger partial charge in [-0.3, -0.25) is 0 Å². The average Bonchev–Trinajstić information content (AvgIpc) is 2.33. The van der Waals surface area contributed by atoms with Crippen LogP contribution in [0.4, 0.5) is 11.9 Å². The number of hydrogen-bond acceptors (Lipinski definition) is 7. The summed E-state index contributed by atoms with van der Waals surface area (Å²) in [5.41, 5.74) is 0. The van der Waals surface area contributed by atoms with Gasteiger partial charge in [-0.25, -0.2) is 0 Å². The highest BCUT2D eigenvalue weighted by molar-refractivity contribution is 7.99. The topological polar surface area (TPSA) is 86.5 Å². The molecule has 2 N–H and O–H groups in total. The lowest BCUT2D eigenvalue weighted by atomic mass is 10.4. The molecule has 6 nitrogen and oxygen atoms in total. The lowest BCUT2D eigenvalue weighted by molar-refractivity contribution is 0.830. The van der Waals surface area contributed by atoms with E-state index in [4.69, 9.17) is 5.26 Å². The molecule has 1 heterocycles. The van der Waals surface area contributed by atoms with Crippen LogP contribution in [0.15, 0.2) is 5.16 Å². The van der Waals surface area contributed by atoms with E-state index >= 15 is 0 Å². The molecule has 0 saturated heterocycles. The van der Waals surface area contributed by atoms with E-state index in [-0.39, 0.29) is 6.04 Å². The number of rotatable bonds is 7. The van der Waals surface area contributed by atoms with Gasteiger partial charge in [-0.05, 0) is 20.3 Å². The number of anilines is 2. The molecule has 0 saturated carbocycles. The van der Waals surface area contributed by atoms with Crippen molar-refractivity contribution in [2.45, 2.75) is 38.4 Å². The maximum Gasteiger partial charge on any atom is 0.228 e. The molecule has 0 unspecified atom stereocenters. The minimum atomic E-state index is 0.250. The van der Waals surface area contributed by atoms with Gasteiger partial charge in [0.2, 0.25) is 11.9 Å². The Balaban J connectivity index is 2.85. The van der Waals surface area contributed by atoms with Gasteiger partial charge in [0.25, 0.3) is 0 Å². The van der Waals surface area contributed by atoms with Crippen molar-refractivity contribution < 1.29 is 0 Å². The van der Waals surface area contributed by atoms with Gasteiger partial charge in [-0.15, -0.1) is 0 Å². The number of nitrogens with one attached hydrogen (secondary N) is 2. The Kier molecular flexibility index (Phi) is 6.22. The molecule has 0 aliphatic heterocycles. The van der Waals surface area contributed by atoms with Gasteiger partial charge >= 0.3 is 0 Å². The fraction of sp³-hybridized carbons (Fsp3) is 0.636. The SMILES string of the molecule is CCCNc1nc(NC(C)C)nc(SCC#N)n1. The first-order valence-electron chi connectivity index (χ1n) is 5.92. The van der Waals surface area contributed by atoms with Crippen LogP contribution in [-0.4, -0.2) is 33.3 Å². The maximum atomic E-state index is 8.58. The van der Waals surface area contributed by atoms with Crippen LogP contribution >= 0.6 is 11.8 Å². The molecule has 1 rings (SSSR count). The predicted molar refractivity (Wildman–Crippen MR) is 73.7 cm³/mol. The van der Waals surface area contributed by atoms with Crippen LogP contribution in [0.3, 0.4) is 0 Å². The maximum absolute atomic E-state index is 8.58. The highest BCUT2D eigenvalue weighted by Crippen LogP contribution is 2.16. The average molecular weight is 266 g/mol. The Bertz CT molecular complexity index is 414. The van der Waals surface area contributed by atoms with E-state index in [0.717, 1.165) is 13.0 Å². The highest BCUT2D eigenvalue weighted by Gasteiger charge is 2.07. The second kappa shape index (κ2) is 7.71. The van der Waals surface area contributed by atoms with Crippen molar-refractivity contribution in [2.24, 2.45) is 0 Å². The first kappa shape index (κ1) is 14.5. The van der Waals surface area contributed by atoms with Gasteiger partial charge in [-0.2, -0.15) is 20.2 Å². The van der Waals surface area contributed by atoms with Crippen molar-refractivity contribution >= 4 is 23.7 Å². The molecular formula is C11H18N6S. The summed E-state index contributed by atoms with van der Waals surface area (Å²) in [7, 11) is 0. The summed E-state index contributed by atoms with van der Waals surface area (Å²) in [6.07, 6.45) is 0.999. The van der Waals surface area contributed by atoms with E-state index in [2.05, 4.69) is 38.6 Å². The predicted octanol–water partition coefficient (Wildman–Crippen LogP) is 2.13. The van der Waals surface area contributed by atoms with E-state index in [0.29, 0.717) is 22.8 Å². The quantitative estimate of drug-likeness (QED) is 0.731. The van der Waals surface area contributed by atoms with E-state index < -0.39 is 0 Å². The largest absolute Gasteiger partial charge is 0.354 e. The van der Waals surface area contributed by atoms with Gasteiger partial charge in [0, 0.05) is 12.6 Å². The molecule has 0 aliphatic rings. The zero-order valence-corrected chi connectivity index (χ0v) is 11.7. The first-order chi connectivity index (χ1) is 8.65. The minimum absolute atomic E-state index is 0.250. The lowest BCUT2D eigenvalue weighted by Gasteiger charge is -2.10. The summed E-state index contributed by atoms with van der Waals surface area (Å²) in [6, 6.07) is 2.31. The number of thioether (sulfide) groups is 1. The third-order valence-electron chi connectivity index (χ3n) is 1.83. The summed E-state index contributed by atoms with van der Waals surface area (Å²) in [6.45, 7) is 6.93. The molecule has 0 aliphatic carbocycles. The van der Waals surface area contributed by atoms with Gasteiger partial charge < -0.3 is 10.6 Å². The number of nitrogens with zero attached hydrogens (tertiary/aromatic N) is 4. The van der Waals surface area contributed by atoms with Crippen LogP contribution in [-0.2, 0) is 0 Å². The van der Waals surface area contributed by atoms with Crippen LogP contribution in [0.5, 0.6) is 0 Å². The van der Waals surface area contributed by atoms with E-state index in [9.17, 15) is 0 Å². The van der Waals surface area contributed by atoms with Crippen LogP contribution in [0.1, 0.15) is 27.2 Å². The van der Waals surface area contributed by atoms with Crippen LogP contribution in [0, 0.1) is 11.3 Å². The Labute approximate surface area is 112 Å². The zero-order valence-electron chi connectivity index (χ0n) is 10.9. The normalized spacial score (nSPS) is 10.2. The third kappa shape index (κ3) is 5.19. The fourth-order valence-electron chi connectivity index (χ4n) is 1.16. The van der Waals surface area contributed by atoms with Crippen molar-refractivity contribution in [3.8, 4) is 6.07 Å². The third-order valence-corrected chi connectivity index (χ3v) is 2.55. The Morgan fingerprint density at radius 1 is 1.28 bits per heavy atom. The van der Waals surface area contributed by atoms with Crippen molar-refractivity contribution in [1.82, 2.24) is 15.0 Å². The monoisotopic (exact) mass is 266 g/mol.